The molecule has 1 aliphatic rings. The van der Waals surface area contributed by atoms with Crippen molar-refractivity contribution in [3.63, 3.8) is 0 Å². The maximum atomic E-state index is 5.58. The highest BCUT2D eigenvalue weighted by atomic mass is 35.5. The van der Waals surface area contributed by atoms with Gasteiger partial charge >= 0.3 is 0 Å². The Balaban J connectivity index is 0.00000196. The molecule has 1 aliphatic heterocycles. The standard InChI is InChI=1S/C11H24N2O.ClH/c1-10(2)9-14-7-6-13-5-4-12-8-11(13)3;/h10-12H,4-9H2,1-3H3;1H/t11-;/m1./s1. The Morgan fingerprint density at radius 3 is 2.80 bits per heavy atom. The Labute approximate surface area is 100.0 Å². The number of rotatable bonds is 5. The van der Waals surface area contributed by atoms with Crippen LogP contribution in [-0.2, 0) is 4.74 Å². The zero-order valence-electron chi connectivity index (χ0n) is 10.2. The number of nitrogens with one attached hydrogen (secondary N) is 1. The fourth-order valence-corrected chi connectivity index (χ4v) is 1.72. The average Bonchev–Trinajstić information content (AvgIpc) is 2.15. The van der Waals surface area contributed by atoms with Gasteiger partial charge in [-0.2, -0.15) is 0 Å². The van der Waals surface area contributed by atoms with E-state index in [1.807, 2.05) is 0 Å². The maximum Gasteiger partial charge on any atom is 0.0593 e. The molecule has 0 unspecified atom stereocenters. The molecule has 0 radical (unpaired) electrons. The van der Waals surface area contributed by atoms with Gasteiger partial charge in [0.1, 0.15) is 0 Å². The van der Waals surface area contributed by atoms with Crippen molar-refractivity contribution in [2.45, 2.75) is 26.8 Å². The summed E-state index contributed by atoms with van der Waals surface area (Å²) in [6.45, 7) is 12.9. The van der Waals surface area contributed by atoms with Crippen LogP contribution in [0.1, 0.15) is 20.8 Å². The second-order valence-electron chi connectivity index (χ2n) is 4.56. The Kier molecular flexibility index (Phi) is 8.43. The highest BCUT2D eigenvalue weighted by molar-refractivity contribution is 5.85. The van der Waals surface area contributed by atoms with Crippen LogP contribution in [0, 0.1) is 5.92 Å². The van der Waals surface area contributed by atoms with Crippen LogP contribution in [0.15, 0.2) is 0 Å². The molecule has 0 amide bonds. The van der Waals surface area contributed by atoms with Crippen LogP contribution in [0.25, 0.3) is 0 Å². The van der Waals surface area contributed by atoms with Gasteiger partial charge in [-0.25, -0.2) is 0 Å². The third-order valence-electron chi connectivity index (χ3n) is 2.61. The van der Waals surface area contributed by atoms with Crippen LogP contribution in [0.3, 0.4) is 0 Å². The van der Waals surface area contributed by atoms with Gasteiger partial charge in [0, 0.05) is 38.8 Å². The zero-order chi connectivity index (χ0) is 10.4. The largest absolute Gasteiger partial charge is 0.380 e. The molecule has 92 valence electrons. The second kappa shape index (κ2) is 8.34. The normalized spacial score (nSPS) is 22.8. The molecule has 3 nitrogen and oxygen atoms in total. The van der Waals surface area contributed by atoms with Crippen molar-refractivity contribution < 1.29 is 4.74 Å². The van der Waals surface area contributed by atoms with Crippen molar-refractivity contribution >= 4 is 12.4 Å². The number of hydrogen-bond donors (Lipinski definition) is 1. The molecule has 1 heterocycles. The minimum atomic E-state index is 0. The van der Waals surface area contributed by atoms with E-state index >= 15 is 0 Å². The van der Waals surface area contributed by atoms with Gasteiger partial charge in [0.05, 0.1) is 6.61 Å². The summed E-state index contributed by atoms with van der Waals surface area (Å²) in [5.41, 5.74) is 0. The van der Waals surface area contributed by atoms with E-state index in [1.54, 1.807) is 0 Å². The lowest BCUT2D eigenvalue weighted by Crippen LogP contribution is -2.50. The molecular formula is C11H25ClN2O. The molecule has 0 saturated carbocycles. The van der Waals surface area contributed by atoms with E-state index in [1.165, 1.54) is 0 Å². The van der Waals surface area contributed by atoms with E-state index in [0.29, 0.717) is 12.0 Å². The fraction of sp³-hybridized carbons (Fsp3) is 1.00. The van der Waals surface area contributed by atoms with E-state index in [2.05, 4.69) is 31.0 Å². The van der Waals surface area contributed by atoms with Crippen LogP contribution >= 0.6 is 12.4 Å². The van der Waals surface area contributed by atoms with Gasteiger partial charge in [-0.3, -0.25) is 4.90 Å². The van der Waals surface area contributed by atoms with Gasteiger partial charge in [-0.15, -0.1) is 12.4 Å². The number of nitrogens with zero attached hydrogens (tertiary/aromatic N) is 1. The Hall–Kier alpha value is 0.170. The van der Waals surface area contributed by atoms with Gasteiger partial charge in [0.2, 0.25) is 0 Å². The van der Waals surface area contributed by atoms with Gasteiger partial charge < -0.3 is 10.1 Å². The third-order valence-corrected chi connectivity index (χ3v) is 2.61. The summed E-state index contributed by atoms with van der Waals surface area (Å²) in [7, 11) is 0. The van der Waals surface area contributed by atoms with Crippen LogP contribution in [-0.4, -0.2) is 50.3 Å². The summed E-state index contributed by atoms with van der Waals surface area (Å²) in [4.78, 5) is 2.50. The lowest BCUT2D eigenvalue weighted by atomic mass is 10.2. The first-order valence-electron chi connectivity index (χ1n) is 5.72. The van der Waals surface area contributed by atoms with Crippen LogP contribution in [0.4, 0.5) is 0 Å². The summed E-state index contributed by atoms with van der Waals surface area (Å²) in [5.74, 6) is 0.649. The Morgan fingerprint density at radius 2 is 2.20 bits per heavy atom. The summed E-state index contributed by atoms with van der Waals surface area (Å²) in [6, 6.07) is 0.659. The molecule has 0 spiro atoms. The van der Waals surface area contributed by atoms with Gasteiger partial charge in [0.25, 0.3) is 0 Å². The van der Waals surface area contributed by atoms with Gasteiger partial charge in [-0.05, 0) is 12.8 Å². The summed E-state index contributed by atoms with van der Waals surface area (Å²) in [5, 5.41) is 3.39. The summed E-state index contributed by atoms with van der Waals surface area (Å²) < 4.78 is 5.58. The van der Waals surface area contributed by atoms with Crippen LogP contribution < -0.4 is 5.32 Å². The van der Waals surface area contributed by atoms with E-state index in [9.17, 15) is 0 Å². The number of hydrogen-bond acceptors (Lipinski definition) is 3. The SMILES string of the molecule is CC(C)COCCN1CCNC[C@H]1C.Cl. The topological polar surface area (TPSA) is 24.5 Å². The molecule has 4 heteroatoms. The lowest BCUT2D eigenvalue weighted by Gasteiger charge is -2.33. The molecule has 0 aromatic rings. The first-order valence-corrected chi connectivity index (χ1v) is 5.72. The van der Waals surface area contributed by atoms with Crippen molar-refractivity contribution in [3.05, 3.63) is 0 Å². The van der Waals surface area contributed by atoms with E-state index < -0.39 is 0 Å². The molecule has 1 fully saturated rings. The first kappa shape index (κ1) is 15.2. The fourth-order valence-electron chi connectivity index (χ4n) is 1.72. The van der Waals surface area contributed by atoms with Crippen LogP contribution in [0.2, 0.25) is 0 Å². The quantitative estimate of drug-likeness (QED) is 0.730. The van der Waals surface area contributed by atoms with E-state index in [4.69, 9.17) is 4.74 Å². The second-order valence-corrected chi connectivity index (χ2v) is 4.56. The van der Waals surface area contributed by atoms with Crippen LogP contribution in [0.5, 0.6) is 0 Å². The molecule has 1 rings (SSSR count). The van der Waals surface area contributed by atoms with Crippen molar-refractivity contribution in [2.24, 2.45) is 5.92 Å². The third kappa shape index (κ3) is 6.36. The number of piperazine rings is 1. The van der Waals surface area contributed by atoms with Gasteiger partial charge in [-0.1, -0.05) is 13.8 Å². The molecule has 1 atom stereocenters. The smallest absolute Gasteiger partial charge is 0.0593 e. The predicted molar refractivity (Wildman–Crippen MR) is 66.8 cm³/mol. The predicted octanol–water partition coefficient (Wildman–Crippen LogP) is 1.37. The minimum absolute atomic E-state index is 0. The Bertz CT molecular complexity index is 156. The molecule has 1 saturated heterocycles. The van der Waals surface area contributed by atoms with Crippen molar-refractivity contribution in [1.82, 2.24) is 10.2 Å². The maximum absolute atomic E-state index is 5.58. The van der Waals surface area contributed by atoms with E-state index in [0.717, 1.165) is 39.4 Å². The number of halogens is 1. The molecule has 15 heavy (non-hydrogen) atoms. The van der Waals surface area contributed by atoms with Crippen molar-refractivity contribution in [2.75, 3.05) is 39.4 Å². The number of ether oxygens (including phenoxy) is 1. The highest BCUT2D eigenvalue weighted by Gasteiger charge is 2.16. The monoisotopic (exact) mass is 236 g/mol. The minimum Gasteiger partial charge on any atom is -0.380 e. The highest BCUT2D eigenvalue weighted by Crippen LogP contribution is 2.01. The molecular weight excluding hydrogens is 212 g/mol. The summed E-state index contributed by atoms with van der Waals surface area (Å²) in [6.07, 6.45) is 0. The molecule has 0 aromatic heterocycles. The average molecular weight is 237 g/mol. The van der Waals surface area contributed by atoms with E-state index in [-0.39, 0.29) is 12.4 Å². The molecule has 1 N–H and O–H groups in total. The van der Waals surface area contributed by atoms with Crippen molar-refractivity contribution in [1.29, 1.82) is 0 Å². The van der Waals surface area contributed by atoms with Gasteiger partial charge in [0.15, 0.2) is 0 Å². The Morgan fingerprint density at radius 1 is 1.47 bits per heavy atom. The molecule has 0 bridgehead atoms. The molecule has 0 aliphatic carbocycles. The van der Waals surface area contributed by atoms with Crippen molar-refractivity contribution in [3.8, 4) is 0 Å². The molecule has 0 aromatic carbocycles. The lowest BCUT2D eigenvalue weighted by molar-refractivity contribution is 0.0678. The summed E-state index contributed by atoms with van der Waals surface area (Å²) >= 11 is 0. The zero-order valence-corrected chi connectivity index (χ0v) is 11.0. The first-order chi connectivity index (χ1) is 6.70.